The number of hydrogen-bond donors (Lipinski definition) is 1. The summed E-state index contributed by atoms with van der Waals surface area (Å²) < 4.78 is 18.3. The van der Waals surface area contributed by atoms with Crippen LogP contribution in [-0.2, 0) is 16.6 Å². The van der Waals surface area contributed by atoms with Crippen molar-refractivity contribution in [3.05, 3.63) is 47.4 Å². The maximum absolute atomic E-state index is 13.1. The van der Waals surface area contributed by atoms with Gasteiger partial charge < -0.3 is 9.84 Å². The average molecular weight is 345 g/mol. The Labute approximate surface area is 147 Å². The highest BCUT2D eigenvalue weighted by molar-refractivity contribution is 5.76. The third-order valence-electron chi connectivity index (χ3n) is 4.34. The van der Waals surface area contributed by atoms with Gasteiger partial charge in [-0.3, -0.25) is 4.79 Å². The van der Waals surface area contributed by atoms with E-state index in [1.165, 1.54) is 12.1 Å². The summed E-state index contributed by atoms with van der Waals surface area (Å²) in [5.41, 5.74) is 0.772. The number of halogens is 1. The lowest BCUT2D eigenvalue weighted by Crippen LogP contribution is -2.30. The van der Waals surface area contributed by atoms with Crippen LogP contribution in [0.4, 0.5) is 4.39 Å². The second kappa shape index (κ2) is 6.94. The van der Waals surface area contributed by atoms with E-state index in [0.717, 1.165) is 18.4 Å². The molecule has 1 atom stereocenters. The third kappa shape index (κ3) is 4.65. The first-order valence-corrected chi connectivity index (χ1v) is 8.71. The SMILES string of the molecule is CC(C)(C)c1noc(CCC(=O)N[C@@H](c2ccc(F)cc2)C2CC2)n1. The van der Waals surface area contributed by atoms with Crippen molar-refractivity contribution in [1.82, 2.24) is 15.5 Å². The maximum atomic E-state index is 13.1. The molecule has 1 aliphatic carbocycles. The van der Waals surface area contributed by atoms with E-state index in [-0.39, 0.29) is 29.6 Å². The Balaban J connectivity index is 1.57. The molecule has 0 saturated heterocycles. The molecule has 1 aliphatic rings. The summed E-state index contributed by atoms with van der Waals surface area (Å²) in [5.74, 6) is 1.23. The van der Waals surface area contributed by atoms with Crippen LogP contribution in [0.5, 0.6) is 0 Å². The zero-order valence-corrected chi connectivity index (χ0v) is 14.9. The number of amides is 1. The molecular formula is C19H24FN3O2. The Kier molecular flexibility index (Phi) is 4.88. The van der Waals surface area contributed by atoms with Crippen LogP contribution < -0.4 is 5.32 Å². The van der Waals surface area contributed by atoms with Crippen LogP contribution in [0.3, 0.4) is 0 Å². The Hall–Kier alpha value is -2.24. The van der Waals surface area contributed by atoms with Gasteiger partial charge in [0.15, 0.2) is 5.82 Å². The van der Waals surface area contributed by atoms with Crippen LogP contribution in [-0.4, -0.2) is 16.0 Å². The molecule has 1 aromatic heterocycles. The van der Waals surface area contributed by atoms with Crippen LogP contribution in [0.2, 0.25) is 0 Å². The molecule has 6 heteroatoms. The number of benzene rings is 1. The van der Waals surface area contributed by atoms with Gasteiger partial charge in [-0.25, -0.2) is 4.39 Å². The first kappa shape index (κ1) is 17.6. The second-order valence-electron chi connectivity index (χ2n) is 7.70. The van der Waals surface area contributed by atoms with Gasteiger partial charge in [-0.15, -0.1) is 0 Å². The van der Waals surface area contributed by atoms with Crippen LogP contribution in [0, 0.1) is 11.7 Å². The van der Waals surface area contributed by atoms with Gasteiger partial charge in [0.2, 0.25) is 11.8 Å². The molecule has 2 aromatic rings. The van der Waals surface area contributed by atoms with Crippen molar-refractivity contribution in [3.8, 4) is 0 Å². The zero-order valence-electron chi connectivity index (χ0n) is 14.9. The summed E-state index contributed by atoms with van der Waals surface area (Å²) in [5, 5.41) is 7.04. The second-order valence-corrected chi connectivity index (χ2v) is 7.70. The maximum Gasteiger partial charge on any atom is 0.227 e. The minimum atomic E-state index is -0.268. The standard InChI is InChI=1S/C19H24FN3O2/c1-19(2,3)18-22-16(25-23-18)11-10-15(24)21-17(12-4-5-12)13-6-8-14(20)9-7-13/h6-9,12,17H,4-5,10-11H2,1-3H3,(H,21,24)/t17-/m1/s1. The number of hydrogen-bond acceptors (Lipinski definition) is 4. The van der Waals surface area contributed by atoms with E-state index < -0.39 is 0 Å². The number of rotatable bonds is 6. The van der Waals surface area contributed by atoms with Crippen LogP contribution in [0.1, 0.15) is 63.4 Å². The molecule has 1 amide bonds. The van der Waals surface area contributed by atoms with Gasteiger partial charge in [-0.1, -0.05) is 38.1 Å². The van der Waals surface area contributed by atoms with E-state index in [1.54, 1.807) is 12.1 Å². The number of carbonyl (C=O) groups is 1. The van der Waals surface area contributed by atoms with Crippen molar-refractivity contribution < 1.29 is 13.7 Å². The molecule has 1 aromatic carbocycles. The molecule has 1 heterocycles. The van der Waals surface area contributed by atoms with Crippen molar-refractivity contribution in [2.75, 3.05) is 0 Å². The van der Waals surface area contributed by atoms with E-state index in [0.29, 0.717) is 24.1 Å². The third-order valence-corrected chi connectivity index (χ3v) is 4.34. The van der Waals surface area contributed by atoms with Crippen molar-refractivity contribution in [2.24, 2.45) is 5.92 Å². The summed E-state index contributed by atoms with van der Waals surface area (Å²) in [7, 11) is 0. The normalized spacial score (nSPS) is 15.8. The van der Waals surface area contributed by atoms with Gasteiger partial charge in [-0.05, 0) is 36.5 Å². The Morgan fingerprint density at radius 2 is 2.00 bits per heavy atom. The van der Waals surface area contributed by atoms with Crippen LogP contribution in [0.25, 0.3) is 0 Å². The molecule has 1 saturated carbocycles. The highest BCUT2D eigenvalue weighted by Crippen LogP contribution is 2.41. The molecule has 0 unspecified atom stereocenters. The molecule has 0 aliphatic heterocycles. The molecule has 0 radical (unpaired) electrons. The molecule has 134 valence electrons. The average Bonchev–Trinajstić information content (AvgIpc) is 3.27. The number of aryl methyl sites for hydroxylation is 1. The number of carbonyl (C=O) groups excluding carboxylic acids is 1. The minimum Gasteiger partial charge on any atom is -0.349 e. The highest BCUT2D eigenvalue weighted by atomic mass is 19.1. The van der Waals surface area contributed by atoms with E-state index in [9.17, 15) is 9.18 Å². The van der Waals surface area contributed by atoms with Crippen molar-refractivity contribution in [1.29, 1.82) is 0 Å². The summed E-state index contributed by atoms with van der Waals surface area (Å²) in [4.78, 5) is 16.7. The number of nitrogens with zero attached hydrogens (tertiary/aromatic N) is 2. The fraction of sp³-hybridized carbons (Fsp3) is 0.526. The minimum absolute atomic E-state index is 0.0547. The van der Waals surface area contributed by atoms with Gasteiger partial charge in [-0.2, -0.15) is 4.98 Å². The Morgan fingerprint density at radius 3 is 2.56 bits per heavy atom. The van der Waals surface area contributed by atoms with E-state index in [2.05, 4.69) is 15.5 Å². The van der Waals surface area contributed by atoms with E-state index in [4.69, 9.17) is 4.52 Å². The highest BCUT2D eigenvalue weighted by Gasteiger charge is 2.33. The predicted octanol–water partition coefficient (Wildman–Crippen LogP) is 3.71. The summed E-state index contributed by atoms with van der Waals surface area (Å²) in [6.07, 6.45) is 2.87. The van der Waals surface area contributed by atoms with E-state index in [1.807, 2.05) is 20.8 Å². The van der Waals surface area contributed by atoms with Gasteiger partial charge in [0.05, 0.1) is 6.04 Å². The lowest BCUT2D eigenvalue weighted by molar-refractivity contribution is -0.122. The fourth-order valence-electron chi connectivity index (χ4n) is 2.70. The largest absolute Gasteiger partial charge is 0.349 e. The van der Waals surface area contributed by atoms with Crippen molar-refractivity contribution >= 4 is 5.91 Å². The predicted molar refractivity (Wildman–Crippen MR) is 91.3 cm³/mol. The molecule has 0 spiro atoms. The van der Waals surface area contributed by atoms with Gasteiger partial charge in [0, 0.05) is 18.3 Å². The lowest BCUT2D eigenvalue weighted by Gasteiger charge is -2.18. The molecule has 3 rings (SSSR count). The van der Waals surface area contributed by atoms with Gasteiger partial charge >= 0.3 is 0 Å². The zero-order chi connectivity index (χ0) is 18.0. The Bertz CT molecular complexity index is 730. The van der Waals surface area contributed by atoms with E-state index >= 15 is 0 Å². The van der Waals surface area contributed by atoms with Gasteiger partial charge in [0.25, 0.3) is 0 Å². The molecular weight excluding hydrogens is 321 g/mol. The molecule has 5 nitrogen and oxygen atoms in total. The van der Waals surface area contributed by atoms with Crippen LogP contribution >= 0.6 is 0 Å². The first-order chi connectivity index (χ1) is 11.8. The van der Waals surface area contributed by atoms with Gasteiger partial charge in [0.1, 0.15) is 5.82 Å². The number of nitrogens with one attached hydrogen (secondary N) is 1. The molecule has 1 N–H and O–H groups in total. The fourth-order valence-corrected chi connectivity index (χ4v) is 2.70. The topological polar surface area (TPSA) is 68.0 Å². The summed E-state index contributed by atoms with van der Waals surface area (Å²) in [6, 6.07) is 6.30. The van der Waals surface area contributed by atoms with Crippen molar-refractivity contribution in [3.63, 3.8) is 0 Å². The molecule has 0 bridgehead atoms. The monoisotopic (exact) mass is 345 g/mol. The van der Waals surface area contributed by atoms with Crippen LogP contribution in [0.15, 0.2) is 28.8 Å². The molecule has 25 heavy (non-hydrogen) atoms. The quantitative estimate of drug-likeness (QED) is 0.867. The Morgan fingerprint density at radius 1 is 1.32 bits per heavy atom. The molecule has 1 fully saturated rings. The number of aromatic nitrogens is 2. The van der Waals surface area contributed by atoms with Crippen molar-refractivity contribution in [2.45, 2.75) is 57.9 Å². The summed E-state index contributed by atoms with van der Waals surface area (Å²) in [6.45, 7) is 6.03. The summed E-state index contributed by atoms with van der Waals surface area (Å²) >= 11 is 0. The smallest absolute Gasteiger partial charge is 0.227 e. The first-order valence-electron chi connectivity index (χ1n) is 8.71. The lowest BCUT2D eigenvalue weighted by atomic mass is 9.96.